The van der Waals surface area contributed by atoms with Crippen LogP contribution < -0.4 is 10.9 Å². The minimum Gasteiger partial charge on any atom is -0.379 e. The van der Waals surface area contributed by atoms with Crippen molar-refractivity contribution in [2.45, 2.75) is 31.4 Å². The van der Waals surface area contributed by atoms with Gasteiger partial charge in [0.15, 0.2) is 0 Å². The predicted octanol–water partition coefficient (Wildman–Crippen LogP) is 0.683. The molecule has 2 unspecified atom stereocenters. The zero-order valence-corrected chi connectivity index (χ0v) is 10.7. The molecule has 1 aromatic rings. The number of methoxy groups -OCH3 is 1. The van der Waals surface area contributed by atoms with E-state index in [-0.39, 0.29) is 23.6 Å². The summed E-state index contributed by atoms with van der Waals surface area (Å²) in [5.74, 6) is -0.207. The molecule has 5 nitrogen and oxygen atoms in total. The molecule has 98 valence electrons. The summed E-state index contributed by atoms with van der Waals surface area (Å²) in [5.41, 5.74) is 0.220. The first-order chi connectivity index (χ1) is 8.61. The summed E-state index contributed by atoms with van der Waals surface area (Å²) >= 11 is 0. The zero-order valence-electron chi connectivity index (χ0n) is 10.7. The van der Waals surface area contributed by atoms with Gasteiger partial charge in [0.05, 0.1) is 12.1 Å². The van der Waals surface area contributed by atoms with Gasteiger partial charge in [-0.2, -0.15) is 0 Å². The highest BCUT2D eigenvalue weighted by Gasteiger charge is 2.28. The number of hydrogen-bond acceptors (Lipinski definition) is 3. The summed E-state index contributed by atoms with van der Waals surface area (Å²) in [5, 5.41) is 2.93. The highest BCUT2D eigenvalue weighted by Crippen LogP contribution is 2.21. The van der Waals surface area contributed by atoms with E-state index in [2.05, 4.69) is 5.32 Å². The molecule has 0 radical (unpaired) electrons. The van der Waals surface area contributed by atoms with Crippen molar-refractivity contribution in [3.63, 3.8) is 0 Å². The number of hydrogen-bond donors (Lipinski definition) is 1. The van der Waals surface area contributed by atoms with E-state index >= 15 is 0 Å². The lowest BCUT2D eigenvalue weighted by Gasteiger charge is -2.19. The highest BCUT2D eigenvalue weighted by molar-refractivity contribution is 5.94. The van der Waals surface area contributed by atoms with Crippen LogP contribution in [-0.4, -0.2) is 29.7 Å². The molecule has 1 aliphatic carbocycles. The molecule has 1 fully saturated rings. The Morgan fingerprint density at radius 2 is 2.28 bits per heavy atom. The fourth-order valence-electron chi connectivity index (χ4n) is 2.31. The van der Waals surface area contributed by atoms with Crippen LogP contribution in [0.3, 0.4) is 0 Å². The van der Waals surface area contributed by atoms with Crippen LogP contribution >= 0.6 is 0 Å². The van der Waals surface area contributed by atoms with Crippen molar-refractivity contribution in [2.75, 3.05) is 7.11 Å². The summed E-state index contributed by atoms with van der Waals surface area (Å²) in [6.07, 6.45) is 4.63. The van der Waals surface area contributed by atoms with E-state index in [0.717, 1.165) is 19.3 Å². The fraction of sp³-hybridized carbons (Fsp3) is 0.538. The molecular formula is C13H18N2O3. The lowest BCUT2D eigenvalue weighted by Crippen LogP contribution is -2.41. The summed E-state index contributed by atoms with van der Waals surface area (Å²) in [7, 11) is 3.31. The second-order valence-electron chi connectivity index (χ2n) is 4.65. The minimum absolute atomic E-state index is 0.0477. The molecule has 2 atom stereocenters. The Bertz CT molecular complexity index is 495. The summed E-state index contributed by atoms with van der Waals surface area (Å²) in [4.78, 5) is 23.5. The molecule has 18 heavy (non-hydrogen) atoms. The number of aryl methyl sites for hydroxylation is 1. The standard InChI is InChI=1S/C13H18N2O3/c1-15-7-6-9(8-12(15)16)13(17)14-10-4-3-5-11(10)18-2/h6-8,10-11H,3-5H2,1-2H3,(H,14,17). The average Bonchev–Trinajstić information content (AvgIpc) is 2.79. The summed E-state index contributed by atoms with van der Waals surface area (Å²) in [6, 6.07) is 3.05. The number of nitrogens with one attached hydrogen (secondary N) is 1. The fourth-order valence-corrected chi connectivity index (χ4v) is 2.31. The maximum Gasteiger partial charge on any atom is 0.251 e. The van der Waals surface area contributed by atoms with Gasteiger partial charge in [0.1, 0.15) is 0 Å². The van der Waals surface area contributed by atoms with E-state index in [0.29, 0.717) is 5.56 Å². The van der Waals surface area contributed by atoms with Crippen LogP contribution in [0.25, 0.3) is 0 Å². The van der Waals surface area contributed by atoms with Gasteiger partial charge in [-0.05, 0) is 25.3 Å². The van der Waals surface area contributed by atoms with Crippen molar-refractivity contribution in [2.24, 2.45) is 7.05 Å². The van der Waals surface area contributed by atoms with Crippen LogP contribution in [0.5, 0.6) is 0 Å². The largest absolute Gasteiger partial charge is 0.379 e. The Hall–Kier alpha value is -1.62. The van der Waals surface area contributed by atoms with Crippen LogP contribution in [0.4, 0.5) is 0 Å². The summed E-state index contributed by atoms with van der Waals surface area (Å²) in [6.45, 7) is 0. The monoisotopic (exact) mass is 250 g/mol. The van der Waals surface area contributed by atoms with E-state index in [4.69, 9.17) is 4.74 Å². The van der Waals surface area contributed by atoms with Crippen molar-refractivity contribution in [3.05, 3.63) is 34.2 Å². The van der Waals surface area contributed by atoms with Gasteiger partial charge >= 0.3 is 0 Å². The predicted molar refractivity (Wildman–Crippen MR) is 67.6 cm³/mol. The Morgan fingerprint density at radius 1 is 1.50 bits per heavy atom. The topological polar surface area (TPSA) is 60.3 Å². The van der Waals surface area contributed by atoms with Gasteiger partial charge in [0.2, 0.25) is 0 Å². The molecule has 1 amide bonds. The van der Waals surface area contributed by atoms with E-state index in [9.17, 15) is 9.59 Å². The molecule has 1 N–H and O–H groups in total. The van der Waals surface area contributed by atoms with Gasteiger partial charge in [0.25, 0.3) is 11.5 Å². The Kier molecular flexibility index (Phi) is 3.81. The van der Waals surface area contributed by atoms with E-state index in [1.807, 2.05) is 0 Å². The van der Waals surface area contributed by atoms with Crippen molar-refractivity contribution in [1.82, 2.24) is 9.88 Å². The van der Waals surface area contributed by atoms with Crippen LogP contribution in [0, 0.1) is 0 Å². The smallest absolute Gasteiger partial charge is 0.251 e. The zero-order chi connectivity index (χ0) is 13.1. The Morgan fingerprint density at radius 3 is 2.94 bits per heavy atom. The van der Waals surface area contributed by atoms with Crippen LogP contribution in [-0.2, 0) is 11.8 Å². The molecule has 0 saturated heterocycles. The molecule has 1 aromatic heterocycles. The first kappa shape index (κ1) is 12.8. The van der Waals surface area contributed by atoms with Crippen LogP contribution in [0.1, 0.15) is 29.6 Å². The van der Waals surface area contributed by atoms with Crippen LogP contribution in [0.2, 0.25) is 0 Å². The molecule has 1 heterocycles. The van der Waals surface area contributed by atoms with E-state index < -0.39 is 0 Å². The van der Waals surface area contributed by atoms with Gasteiger partial charge in [-0.15, -0.1) is 0 Å². The second kappa shape index (κ2) is 5.35. The highest BCUT2D eigenvalue weighted by atomic mass is 16.5. The molecule has 1 saturated carbocycles. The normalized spacial score (nSPS) is 23.0. The number of aromatic nitrogens is 1. The molecule has 0 spiro atoms. The number of carbonyl (C=O) groups excluding carboxylic acids is 1. The SMILES string of the molecule is COC1CCCC1NC(=O)c1ccn(C)c(=O)c1. The van der Waals surface area contributed by atoms with E-state index in [1.165, 1.54) is 10.6 Å². The van der Waals surface area contributed by atoms with Gasteiger partial charge in [-0.25, -0.2) is 0 Å². The molecular weight excluding hydrogens is 232 g/mol. The first-order valence-corrected chi connectivity index (χ1v) is 6.12. The Labute approximate surface area is 106 Å². The molecule has 0 aromatic carbocycles. The number of carbonyl (C=O) groups is 1. The maximum atomic E-state index is 12.0. The third-order valence-corrected chi connectivity index (χ3v) is 3.44. The quantitative estimate of drug-likeness (QED) is 0.858. The third-order valence-electron chi connectivity index (χ3n) is 3.44. The van der Waals surface area contributed by atoms with Crippen LogP contribution in [0.15, 0.2) is 23.1 Å². The van der Waals surface area contributed by atoms with Gasteiger partial charge in [-0.1, -0.05) is 0 Å². The van der Waals surface area contributed by atoms with Gasteiger partial charge < -0.3 is 14.6 Å². The number of ether oxygens (including phenoxy) is 1. The van der Waals surface area contributed by atoms with Gasteiger partial charge in [-0.3, -0.25) is 9.59 Å². The lowest BCUT2D eigenvalue weighted by atomic mass is 10.2. The second-order valence-corrected chi connectivity index (χ2v) is 4.65. The summed E-state index contributed by atoms with van der Waals surface area (Å²) < 4.78 is 6.76. The van der Waals surface area contributed by atoms with Crippen molar-refractivity contribution in [1.29, 1.82) is 0 Å². The molecule has 0 aliphatic heterocycles. The van der Waals surface area contributed by atoms with Crippen molar-refractivity contribution in [3.8, 4) is 0 Å². The first-order valence-electron chi connectivity index (χ1n) is 6.12. The Balaban J connectivity index is 2.07. The van der Waals surface area contributed by atoms with E-state index in [1.54, 1.807) is 26.4 Å². The lowest BCUT2D eigenvalue weighted by molar-refractivity contribution is 0.0722. The molecule has 0 bridgehead atoms. The van der Waals surface area contributed by atoms with Gasteiger partial charge in [0, 0.05) is 32.0 Å². The molecule has 1 aliphatic rings. The van der Waals surface area contributed by atoms with Crippen molar-refractivity contribution < 1.29 is 9.53 Å². The number of amides is 1. The molecule has 5 heteroatoms. The number of pyridine rings is 1. The molecule has 2 rings (SSSR count). The number of rotatable bonds is 3. The number of nitrogens with zero attached hydrogens (tertiary/aromatic N) is 1. The third kappa shape index (κ3) is 2.61. The average molecular weight is 250 g/mol. The van der Waals surface area contributed by atoms with Crippen molar-refractivity contribution >= 4 is 5.91 Å². The maximum absolute atomic E-state index is 12.0. The minimum atomic E-state index is -0.207.